The highest BCUT2D eigenvalue weighted by atomic mass is 35.5. The highest BCUT2D eigenvalue weighted by Crippen LogP contribution is 2.28. The number of hydrogen-bond acceptors (Lipinski definition) is 5. The van der Waals surface area contributed by atoms with Crippen molar-refractivity contribution in [3.05, 3.63) is 69.6 Å². The van der Waals surface area contributed by atoms with Crippen LogP contribution in [-0.2, 0) is 25.6 Å². The number of rotatable bonds is 10. The normalized spacial score (nSPS) is 16.5. The summed E-state index contributed by atoms with van der Waals surface area (Å²) in [6, 6.07) is 7.50. The fourth-order valence-corrected chi connectivity index (χ4v) is 5.58. The molecule has 0 saturated carbocycles. The van der Waals surface area contributed by atoms with Crippen LogP contribution in [0.4, 0.5) is 4.39 Å². The average Bonchev–Trinajstić information content (AvgIpc) is 3.37. The van der Waals surface area contributed by atoms with Crippen LogP contribution in [0.25, 0.3) is 10.9 Å². The summed E-state index contributed by atoms with van der Waals surface area (Å²) < 4.78 is 14.0. The number of Topliss-reactive ketones (excluding diaryl/α,β-unsaturated/α-hetero) is 1. The van der Waals surface area contributed by atoms with Crippen molar-refractivity contribution >= 4 is 63.5 Å². The van der Waals surface area contributed by atoms with Gasteiger partial charge in [-0.25, -0.2) is 4.39 Å². The summed E-state index contributed by atoms with van der Waals surface area (Å²) in [5.41, 5.74) is 0.249. The van der Waals surface area contributed by atoms with Crippen LogP contribution in [0.15, 0.2) is 42.5 Å². The molecule has 4 rings (SSSR count). The lowest BCUT2D eigenvalue weighted by molar-refractivity contribution is -0.142. The maximum atomic E-state index is 14.0. The van der Waals surface area contributed by atoms with E-state index in [0.717, 1.165) is 0 Å². The second-order valence-corrected chi connectivity index (χ2v) is 12.7. The Bertz CT molecular complexity index is 1600. The molecule has 234 valence electrons. The topological polar surface area (TPSA) is 149 Å². The van der Waals surface area contributed by atoms with Gasteiger partial charge in [0.05, 0.1) is 11.1 Å². The van der Waals surface area contributed by atoms with Gasteiger partial charge in [-0.2, -0.15) is 0 Å². The molecule has 44 heavy (non-hydrogen) atoms. The van der Waals surface area contributed by atoms with Crippen molar-refractivity contribution in [2.75, 3.05) is 6.54 Å². The minimum atomic E-state index is -1.36. The molecule has 2 heterocycles. The maximum absolute atomic E-state index is 14.0. The molecule has 0 radical (unpaired) electrons. The van der Waals surface area contributed by atoms with E-state index in [1.54, 1.807) is 32.9 Å². The van der Waals surface area contributed by atoms with Crippen LogP contribution in [0.2, 0.25) is 10.0 Å². The lowest BCUT2D eigenvalue weighted by Gasteiger charge is -2.28. The van der Waals surface area contributed by atoms with E-state index >= 15 is 0 Å². The fraction of sp³-hybridized carbons (Fsp3) is 0.387. The van der Waals surface area contributed by atoms with Crippen LogP contribution < -0.4 is 21.3 Å². The number of aromatic nitrogens is 1. The standard InChI is InChI=1S/C31H34Cl2FN5O5/c1-31(2,3)39-30(44)26(40)23(12-17-7-5-9-35-27(17)41)37-28(42)24(11-16-6-4-8-19(34)10-16)38-29(43)25-15-20-21(33)13-18(32)14-22(20)36-25/h4,6,8,10,13-15,17,23-24,36H,5,7,9,11-12H2,1-3H3,(H,35,41)(H,37,42)(H,38,43)(H,39,44)/t17-,23-,24-/m0/s1. The van der Waals surface area contributed by atoms with E-state index in [4.69, 9.17) is 23.2 Å². The third kappa shape index (κ3) is 8.57. The van der Waals surface area contributed by atoms with Gasteiger partial charge in [0.15, 0.2) is 0 Å². The van der Waals surface area contributed by atoms with Crippen LogP contribution in [0.3, 0.4) is 0 Å². The second-order valence-electron chi connectivity index (χ2n) is 11.9. The van der Waals surface area contributed by atoms with Gasteiger partial charge in [-0.1, -0.05) is 35.3 Å². The largest absolute Gasteiger partial charge is 0.356 e. The molecule has 3 aromatic rings. The Kier molecular flexibility index (Phi) is 10.3. The SMILES string of the molecule is CC(C)(C)NC(=O)C(=O)[C@H](C[C@@H]1CCCNC1=O)NC(=O)[C@H](Cc1cccc(F)c1)NC(=O)c1cc2c(Cl)cc(Cl)cc2[nH]1. The molecule has 0 bridgehead atoms. The number of carbonyl (C=O) groups is 5. The number of ketones is 1. The number of nitrogens with one attached hydrogen (secondary N) is 5. The fourth-order valence-electron chi connectivity index (χ4n) is 5.04. The number of piperidine rings is 1. The average molecular weight is 647 g/mol. The summed E-state index contributed by atoms with van der Waals surface area (Å²) >= 11 is 12.4. The summed E-state index contributed by atoms with van der Waals surface area (Å²) in [5, 5.41) is 11.8. The molecule has 2 aromatic carbocycles. The van der Waals surface area contributed by atoms with Gasteiger partial charge in [-0.15, -0.1) is 0 Å². The van der Waals surface area contributed by atoms with Crippen molar-refractivity contribution in [1.29, 1.82) is 0 Å². The molecule has 0 spiro atoms. The number of carbonyl (C=O) groups excluding carboxylic acids is 5. The van der Waals surface area contributed by atoms with Crippen molar-refractivity contribution < 1.29 is 28.4 Å². The molecule has 3 atom stereocenters. The number of benzene rings is 2. The third-order valence-electron chi connectivity index (χ3n) is 7.11. The van der Waals surface area contributed by atoms with Gasteiger partial charge in [0, 0.05) is 40.3 Å². The Hall–Kier alpha value is -3.96. The Balaban J connectivity index is 1.62. The van der Waals surface area contributed by atoms with Crippen LogP contribution >= 0.6 is 23.2 Å². The van der Waals surface area contributed by atoms with Crippen LogP contribution in [-0.4, -0.2) is 58.6 Å². The number of H-pyrrole nitrogens is 1. The van der Waals surface area contributed by atoms with E-state index in [1.807, 2.05) is 0 Å². The number of halogens is 3. The predicted octanol–water partition coefficient (Wildman–Crippen LogP) is 3.84. The highest BCUT2D eigenvalue weighted by molar-refractivity contribution is 6.39. The lowest BCUT2D eigenvalue weighted by Crippen LogP contribution is -2.57. The first-order valence-electron chi connectivity index (χ1n) is 14.2. The van der Waals surface area contributed by atoms with E-state index < -0.39 is 52.9 Å². The van der Waals surface area contributed by atoms with Gasteiger partial charge in [0.25, 0.3) is 11.8 Å². The minimum absolute atomic E-state index is 0.0808. The van der Waals surface area contributed by atoms with Gasteiger partial charge in [0.1, 0.15) is 17.6 Å². The highest BCUT2D eigenvalue weighted by Gasteiger charge is 2.36. The van der Waals surface area contributed by atoms with Gasteiger partial charge >= 0.3 is 0 Å². The molecule has 0 aliphatic carbocycles. The van der Waals surface area contributed by atoms with Gasteiger partial charge in [-0.3, -0.25) is 24.0 Å². The summed E-state index contributed by atoms with van der Waals surface area (Å²) in [7, 11) is 0. The molecule has 1 fully saturated rings. The quantitative estimate of drug-likeness (QED) is 0.212. The molecule has 0 unspecified atom stereocenters. The molecule has 1 aliphatic heterocycles. The van der Waals surface area contributed by atoms with Crippen molar-refractivity contribution in [3.63, 3.8) is 0 Å². The first kappa shape index (κ1) is 32.9. The molecule has 13 heteroatoms. The van der Waals surface area contributed by atoms with Crippen molar-refractivity contribution in [1.82, 2.24) is 26.3 Å². The van der Waals surface area contributed by atoms with E-state index in [-0.39, 0.29) is 24.4 Å². The van der Waals surface area contributed by atoms with Crippen LogP contribution in [0, 0.1) is 11.7 Å². The Morgan fingerprint density at radius 2 is 1.80 bits per heavy atom. The zero-order chi connectivity index (χ0) is 32.2. The second kappa shape index (κ2) is 13.8. The molecular formula is C31H34Cl2FN5O5. The van der Waals surface area contributed by atoms with Crippen molar-refractivity contribution in [2.45, 2.75) is 64.1 Å². The monoisotopic (exact) mass is 645 g/mol. The molecule has 1 aliphatic rings. The first-order chi connectivity index (χ1) is 20.7. The zero-order valence-corrected chi connectivity index (χ0v) is 26.0. The Labute approximate surface area is 263 Å². The smallest absolute Gasteiger partial charge is 0.290 e. The number of hydrogen-bond donors (Lipinski definition) is 5. The lowest BCUT2D eigenvalue weighted by atomic mass is 9.89. The summed E-state index contributed by atoms with van der Waals surface area (Å²) in [6.45, 7) is 5.61. The summed E-state index contributed by atoms with van der Waals surface area (Å²) in [5.74, 6) is -4.74. The van der Waals surface area contributed by atoms with Crippen LogP contribution in [0.1, 0.15) is 56.1 Å². The third-order valence-corrected chi connectivity index (χ3v) is 7.64. The van der Waals surface area contributed by atoms with E-state index in [2.05, 4.69) is 26.3 Å². The Morgan fingerprint density at radius 3 is 2.48 bits per heavy atom. The number of amides is 4. The molecular weight excluding hydrogens is 612 g/mol. The Morgan fingerprint density at radius 1 is 1.05 bits per heavy atom. The zero-order valence-electron chi connectivity index (χ0n) is 24.5. The van der Waals surface area contributed by atoms with Gasteiger partial charge in [0.2, 0.25) is 17.6 Å². The maximum Gasteiger partial charge on any atom is 0.290 e. The molecule has 4 amide bonds. The molecule has 1 saturated heterocycles. The molecule has 1 aromatic heterocycles. The van der Waals surface area contributed by atoms with Gasteiger partial charge < -0.3 is 26.3 Å². The van der Waals surface area contributed by atoms with E-state index in [1.165, 1.54) is 30.3 Å². The van der Waals surface area contributed by atoms with Crippen molar-refractivity contribution in [3.8, 4) is 0 Å². The van der Waals surface area contributed by atoms with Crippen LogP contribution in [0.5, 0.6) is 0 Å². The van der Waals surface area contributed by atoms with Crippen molar-refractivity contribution in [2.24, 2.45) is 5.92 Å². The summed E-state index contributed by atoms with van der Waals surface area (Å²) in [6.07, 6.45) is 0.900. The van der Waals surface area contributed by atoms with Gasteiger partial charge in [-0.05, 0) is 75.9 Å². The van der Waals surface area contributed by atoms with E-state index in [0.29, 0.717) is 45.9 Å². The minimum Gasteiger partial charge on any atom is -0.356 e. The molecule has 10 nitrogen and oxygen atoms in total. The first-order valence-corrected chi connectivity index (χ1v) is 14.9. The van der Waals surface area contributed by atoms with E-state index in [9.17, 15) is 28.4 Å². The molecule has 5 N–H and O–H groups in total. The predicted molar refractivity (Wildman–Crippen MR) is 165 cm³/mol. The summed E-state index contributed by atoms with van der Waals surface area (Å²) in [4.78, 5) is 68.8. The number of aromatic amines is 1. The number of fused-ring (bicyclic) bond motifs is 1.